The molecule has 0 spiro atoms. The maximum atomic E-state index is 13.7. The topological polar surface area (TPSA) is 78.9 Å². The van der Waals surface area contributed by atoms with E-state index < -0.39 is 24.8 Å². The van der Waals surface area contributed by atoms with E-state index in [4.69, 9.17) is 14.2 Å². The van der Waals surface area contributed by atoms with Gasteiger partial charge in [0.25, 0.3) is 0 Å². The Morgan fingerprint density at radius 3 is 2.22 bits per heavy atom. The lowest BCUT2D eigenvalue weighted by Crippen LogP contribution is -2.60. The molecule has 0 aromatic rings. The Hall–Kier alpha value is -1.63. The second-order valence-electron chi connectivity index (χ2n) is 14.4. The first-order chi connectivity index (χ1) is 19.2. The molecule has 0 radical (unpaired) electrons. The number of carbonyl (C=O) groups is 3. The first-order valence-corrected chi connectivity index (χ1v) is 16.5. The number of carbonyl (C=O) groups excluding carboxylic acids is 3. The summed E-state index contributed by atoms with van der Waals surface area (Å²) < 4.78 is 17.6. The van der Waals surface area contributed by atoms with Crippen molar-refractivity contribution in [3.05, 3.63) is 21.2 Å². The van der Waals surface area contributed by atoms with Crippen molar-refractivity contribution in [2.24, 2.45) is 39.9 Å². The van der Waals surface area contributed by atoms with Gasteiger partial charge in [0.05, 0.1) is 0 Å². The van der Waals surface area contributed by atoms with Crippen molar-refractivity contribution < 1.29 is 28.6 Å². The first-order valence-electron chi connectivity index (χ1n) is 15.7. The number of rotatable bonds is 7. The van der Waals surface area contributed by atoms with Gasteiger partial charge in [-0.1, -0.05) is 62.0 Å². The van der Waals surface area contributed by atoms with Gasteiger partial charge in [-0.25, -0.2) is 4.79 Å². The summed E-state index contributed by atoms with van der Waals surface area (Å²) in [5.74, 6) is 0.947. The van der Waals surface area contributed by atoms with Gasteiger partial charge in [0, 0.05) is 19.4 Å². The molecule has 0 aromatic carbocycles. The van der Waals surface area contributed by atoms with E-state index in [1.807, 2.05) is 13.8 Å². The van der Waals surface area contributed by atoms with Crippen LogP contribution in [0.15, 0.2) is 21.2 Å². The van der Waals surface area contributed by atoms with Gasteiger partial charge < -0.3 is 14.2 Å². The van der Waals surface area contributed by atoms with Crippen LogP contribution in [-0.4, -0.2) is 30.8 Å². The van der Waals surface area contributed by atoms with E-state index in [0.29, 0.717) is 29.7 Å². The molecule has 4 saturated carbocycles. The molecule has 0 amide bonds. The van der Waals surface area contributed by atoms with Crippen LogP contribution in [0.4, 0.5) is 0 Å². The van der Waals surface area contributed by atoms with Crippen LogP contribution in [0, 0.1) is 39.9 Å². The summed E-state index contributed by atoms with van der Waals surface area (Å²) in [5.41, 5.74) is 2.94. The molecule has 4 aliphatic carbocycles. The van der Waals surface area contributed by atoms with Crippen molar-refractivity contribution in [2.45, 2.75) is 126 Å². The Bertz CT molecular complexity index is 1120. The summed E-state index contributed by atoms with van der Waals surface area (Å²) in [4.78, 5) is 37.5. The molecule has 0 aliphatic heterocycles. The summed E-state index contributed by atoms with van der Waals surface area (Å²) in [6.45, 7) is 16.4. The number of hydrogen-bond acceptors (Lipinski definition) is 6. The van der Waals surface area contributed by atoms with Crippen LogP contribution in [0.1, 0.15) is 120 Å². The van der Waals surface area contributed by atoms with Crippen molar-refractivity contribution in [1.29, 1.82) is 0 Å². The van der Waals surface area contributed by atoms with Crippen LogP contribution in [0.5, 0.6) is 0 Å². The van der Waals surface area contributed by atoms with Crippen molar-refractivity contribution in [3.63, 3.8) is 0 Å². The van der Waals surface area contributed by atoms with Gasteiger partial charge in [-0.15, -0.1) is 0 Å². The smallest absolute Gasteiger partial charge is 0.336 e. The molecule has 0 aromatic heterocycles. The number of ether oxygens (including phenoxy) is 3. The fourth-order valence-electron chi connectivity index (χ4n) is 10.0. The highest BCUT2D eigenvalue weighted by Crippen LogP contribution is 2.74. The molecular formula is C34H51BrO6. The second kappa shape index (κ2) is 12.2. The maximum Gasteiger partial charge on any atom is 0.336 e. The minimum Gasteiger partial charge on any atom is -0.458 e. The molecule has 7 heteroatoms. The number of halogens is 1. The minimum absolute atomic E-state index is 0.0750. The molecule has 8 atom stereocenters. The monoisotopic (exact) mass is 634 g/mol. The highest BCUT2D eigenvalue weighted by Gasteiger charge is 2.68. The molecule has 230 valence electrons. The highest BCUT2D eigenvalue weighted by atomic mass is 79.9. The summed E-state index contributed by atoms with van der Waals surface area (Å²) >= 11 is 3.68. The van der Waals surface area contributed by atoms with Crippen molar-refractivity contribution in [3.8, 4) is 0 Å². The Morgan fingerprint density at radius 1 is 0.878 bits per heavy atom. The first kappa shape index (κ1) is 32.3. The van der Waals surface area contributed by atoms with Crippen LogP contribution >= 0.6 is 15.9 Å². The van der Waals surface area contributed by atoms with E-state index in [-0.39, 0.29) is 22.7 Å². The molecule has 6 unspecified atom stereocenters. The Labute approximate surface area is 255 Å². The SMILES string of the molecule is CC(=O)OCOC(=O)/C(CCC(Br)=C(C)C)=C1\C(OC(C)=O)CC2(C)C1CCC1C3(C)CCC[C@@H](C)C3CC[C@@]12C. The van der Waals surface area contributed by atoms with E-state index in [1.54, 1.807) is 0 Å². The van der Waals surface area contributed by atoms with E-state index >= 15 is 0 Å². The summed E-state index contributed by atoms with van der Waals surface area (Å²) in [6, 6.07) is 0. The Kier molecular flexibility index (Phi) is 9.58. The van der Waals surface area contributed by atoms with Gasteiger partial charge in [0.1, 0.15) is 6.10 Å². The lowest BCUT2D eigenvalue weighted by molar-refractivity contribution is -0.185. The minimum atomic E-state index is -0.502. The van der Waals surface area contributed by atoms with Crippen LogP contribution in [0.25, 0.3) is 0 Å². The van der Waals surface area contributed by atoms with Crippen LogP contribution in [-0.2, 0) is 28.6 Å². The largest absolute Gasteiger partial charge is 0.458 e. The zero-order valence-electron chi connectivity index (χ0n) is 26.5. The number of hydrogen-bond donors (Lipinski definition) is 0. The van der Waals surface area contributed by atoms with Gasteiger partial charge in [0.2, 0.25) is 6.79 Å². The molecule has 6 nitrogen and oxygen atoms in total. The zero-order chi connectivity index (χ0) is 30.3. The molecule has 41 heavy (non-hydrogen) atoms. The van der Waals surface area contributed by atoms with E-state index in [0.717, 1.165) is 46.7 Å². The maximum absolute atomic E-state index is 13.7. The molecule has 0 saturated heterocycles. The number of esters is 3. The molecule has 4 fully saturated rings. The van der Waals surface area contributed by atoms with Gasteiger partial charge in [0.15, 0.2) is 0 Å². The third kappa shape index (κ3) is 5.82. The van der Waals surface area contributed by atoms with E-state index in [9.17, 15) is 14.4 Å². The van der Waals surface area contributed by atoms with Gasteiger partial charge in [-0.2, -0.15) is 0 Å². The van der Waals surface area contributed by atoms with Crippen LogP contribution < -0.4 is 0 Å². The molecule has 0 heterocycles. The van der Waals surface area contributed by atoms with Gasteiger partial charge in [-0.05, 0) is 115 Å². The predicted molar refractivity (Wildman–Crippen MR) is 163 cm³/mol. The van der Waals surface area contributed by atoms with Crippen LogP contribution in [0.3, 0.4) is 0 Å². The van der Waals surface area contributed by atoms with Crippen LogP contribution in [0.2, 0.25) is 0 Å². The second-order valence-corrected chi connectivity index (χ2v) is 15.3. The summed E-state index contributed by atoms with van der Waals surface area (Å²) in [6.07, 6.45) is 9.81. The predicted octanol–water partition coefficient (Wildman–Crippen LogP) is 8.43. The van der Waals surface area contributed by atoms with Gasteiger partial charge in [-0.3, -0.25) is 9.59 Å². The lowest BCUT2D eigenvalue weighted by Gasteiger charge is -2.67. The highest BCUT2D eigenvalue weighted by molar-refractivity contribution is 9.11. The van der Waals surface area contributed by atoms with Crippen molar-refractivity contribution in [2.75, 3.05) is 6.79 Å². The molecular weight excluding hydrogens is 584 g/mol. The quantitative estimate of drug-likeness (QED) is 0.159. The third-order valence-electron chi connectivity index (χ3n) is 12.1. The fourth-order valence-corrected chi connectivity index (χ4v) is 10.2. The molecule has 4 rings (SSSR count). The van der Waals surface area contributed by atoms with Gasteiger partial charge >= 0.3 is 17.9 Å². The average molecular weight is 636 g/mol. The standard InChI is InChI=1S/C34H51BrO6/c1-20(2)27(35)13-11-24(31(38)40-19-39-22(4)36)30-26-12-14-29-32(6)16-9-10-21(3)25(32)15-17-33(29,7)34(26,8)18-28(30)41-23(5)37/h21,25-26,28-29H,9-19H2,1-8H3/b30-24-/t21-,25?,26?,28?,29?,32?,33+,34?/m1/s1. The van der Waals surface area contributed by atoms with E-state index in [1.165, 1.54) is 46.0 Å². The fraction of sp³-hybridized carbons (Fsp3) is 0.794. The number of allylic oxidation sites excluding steroid dienone is 2. The number of fused-ring (bicyclic) bond motifs is 5. The zero-order valence-corrected chi connectivity index (χ0v) is 28.1. The normalized spacial score (nSPS) is 39.0. The lowest BCUT2D eigenvalue weighted by atomic mass is 9.37. The summed E-state index contributed by atoms with van der Waals surface area (Å²) in [5, 5.41) is 0. The van der Waals surface area contributed by atoms with Crippen molar-refractivity contribution in [1.82, 2.24) is 0 Å². The Balaban J connectivity index is 1.79. The summed E-state index contributed by atoms with van der Waals surface area (Å²) in [7, 11) is 0. The Morgan fingerprint density at radius 2 is 1.59 bits per heavy atom. The molecule has 0 bridgehead atoms. The average Bonchev–Trinajstić information content (AvgIpc) is 3.15. The molecule has 4 aliphatic rings. The third-order valence-corrected chi connectivity index (χ3v) is 13.3. The van der Waals surface area contributed by atoms with Crippen molar-refractivity contribution >= 4 is 33.8 Å². The van der Waals surface area contributed by atoms with E-state index in [2.05, 4.69) is 43.6 Å². The molecule has 0 N–H and O–H groups in total.